The summed E-state index contributed by atoms with van der Waals surface area (Å²) in [6.07, 6.45) is 0. The van der Waals surface area contributed by atoms with E-state index in [0.29, 0.717) is 11.6 Å². The van der Waals surface area contributed by atoms with E-state index in [1.807, 2.05) is 60.7 Å². The number of aromatic nitrogens is 1. The summed E-state index contributed by atoms with van der Waals surface area (Å²) in [5.74, 6) is 0.827. The molecule has 0 N–H and O–H groups in total. The van der Waals surface area contributed by atoms with Crippen molar-refractivity contribution in [2.45, 2.75) is 6.61 Å². The Morgan fingerprint density at radius 3 is 2.53 bits per heavy atom. The lowest BCUT2D eigenvalue weighted by Gasteiger charge is -2.07. The lowest BCUT2D eigenvalue weighted by molar-refractivity contribution is 0.302. The van der Waals surface area contributed by atoms with Gasteiger partial charge in [0.25, 0.3) is 0 Å². The van der Waals surface area contributed by atoms with Crippen LogP contribution in [0.25, 0.3) is 10.9 Å². The molecule has 1 heterocycles. The summed E-state index contributed by atoms with van der Waals surface area (Å²) >= 11 is 6.25. The SMILES string of the molecule is Clc1cc(COc2ccccc2)nc2ccccc12. The van der Waals surface area contributed by atoms with Crippen molar-refractivity contribution in [3.8, 4) is 5.75 Å². The molecule has 3 rings (SSSR count). The number of nitrogens with zero attached hydrogens (tertiary/aromatic N) is 1. The van der Waals surface area contributed by atoms with Gasteiger partial charge in [-0.25, -0.2) is 4.98 Å². The van der Waals surface area contributed by atoms with E-state index in [2.05, 4.69) is 4.98 Å². The van der Waals surface area contributed by atoms with Crippen molar-refractivity contribution in [3.63, 3.8) is 0 Å². The van der Waals surface area contributed by atoms with Crippen molar-refractivity contribution >= 4 is 22.5 Å². The Morgan fingerprint density at radius 2 is 1.68 bits per heavy atom. The number of benzene rings is 2. The minimum Gasteiger partial charge on any atom is -0.487 e. The van der Waals surface area contributed by atoms with Crippen LogP contribution in [0.1, 0.15) is 5.69 Å². The zero-order valence-electron chi connectivity index (χ0n) is 10.2. The average Bonchev–Trinajstić information content (AvgIpc) is 2.46. The van der Waals surface area contributed by atoms with Crippen molar-refractivity contribution in [2.24, 2.45) is 0 Å². The number of hydrogen-bond acceptors (Lipinski definition) is 2. The van der Waals surface area contributed by atoms with Crippen LogP contribution in [0, 0.1) is 0 Å². The van der Waals surface area contributed by atoms with Crippen LogP contribution >= 0.6 is 11.6 Å². The summed E-state index contributed by atoms with van der Waals surface area (Å²) < 4.78 is 5.67. The van der Waals surface area contributed by atoms with E-state index < -0.39 is 0 Å². The van der Waals surface area contributed by atoms with Crippen LogP contribution in [0.3, 0.4) is 0 Å². The molecule has 0 spiro atoms. The van der Waals surface area contributed by atoms with E-state index in [1.54, 1.807) is 0 Å². The summed E-state index contributed by atoms with van der Waals surface area (Å²) in [6.45, 7) is 0.411. The number of fused-ring (bicyclic) bond motifs is 1. The number of pyridine rings is 1. The molecule has 3 heteroatoms. The maximum absolute atomic E-state index is 6.25. The summed E-state index contributed by atoms with van der Waals surface area (Å²) in [7, 11) is 0. The molecule has 0 fully saturated rings. The lowest BCUT2D eigenvalue weighted by atomic mass is 10.2. The molecule has 1 aromatic heterocycles. The van der Waals surface area contributed by atoms with Gasteiger partial charge in [0.05, 0.1) is 16.2 Å². The molecule has 0 unspecified atom stereocenters. The molecule has 0 saturated carbocycles. The van der Waals surface area contributed by atoms with Crippen LogP contribution in [-0.2, 0) is 6.61 Å². The smallest absolute Gasteiger partial charge is 0.130 e. The number of ether oxygens (including phenoxy) is 1. The molecule has 0 aliphatic rings. The van der Waals surface area contributed by atoms with Gasteiger partial charge in [0.1, 0.15) is 12.4 Å². The van der Waals surface area contributed by atoms with E-state index in [-0.39, 0.29) is 0 Å². The number of rotatable bonds is 3. The Bertz CT molecular complexity index is 697. The van der Waals surface area contributed by atoms with Gasteiger partial charge < -0.3 is 4.74 Å². The minimum atomic E-state index is 0.411. The van der Waals surface area contributed by atoms with Crippen molar-refractivity contribution < 1.29 is 4.74 Å². The van der Waals surface area contributed by atoms with E-state index in [4.69, 9.17) is 16.3 Å². The Morgan fingerprint density at radius 1 is 0.947 bits per heavy atom. The summed E-state index contributed by atoms with van der Waals surface area (Å²) in [6, 6.07) is 19.4. The molecule has 0 aliphatic heterocycles. The third-order valence-corrected chi connectivity index (χ3v) is 3.16. The Balaban J connectivity index is 1.85. The van der Waals surface area contributed by atoms with E-state index >= 15 is 0 Å². The molecular formula is C16H12ClNO. The van der Waals surface area contributed by atoms with Crippen molar-refractivity contribution in [1.82, 2.24) is 4.98 Å². The Kier molecular flexibility index (Phi) is 3.34. The predicted octanol–water partition coefficient (Wildman–Crippen LogP) is 4.47. The van der Waals surface area contributed by atoms with Crippen LogP contribution in [0.4, 0.5) is 0 Å². The van der Waals surface area contributed by atoms with Crippen molar-refractivity contribution in [1.29, 1.82) is 0 Å². The molecule has 2 aromatic carbocycles. The first-order valence-corrected chi connectivity index (χ1v) is 6.43. The van der Waals surface area contributed by atoms with Gasteiger partial charge in [-0.3, -0.25) is 0 Å². The molecule has 0 amide bonds. The molecule has 3 aromatic rings. The topological polar surface area (TPSA) is 22.1 Å². The molecule has 0 atom stereocenters. The second-order valence-electron chi connectivity index (χ2n) is 4.21. The van der Waals surface area contributed by atoms with Gasteiger partial charge in [-0.2, -0.15) is 0 Å². The predicted molar refractivity (Wildman–Crippen MR) is 77.5 cm³/mol. The van der Waals surface area contributed by atoms with Crippen molar-refractivity contribution in [3.05, 3.63) is 71.4 Å². The second kappa shape index (κ2) is 5.29. The van der Waals surface area contributed by atoms with Gasteiger partial charge in [0, 0.05) is 5.39 Å². The first-order valence-electron chi connectivity index (χ1n) is 6.05. The van der Waals surface area contributed by atoms with Crippen LogP contribution in [0.15, 0.2) is 60.7 Å². The molecule has 2 nitrogen and oxygen atoms in total. The molecule has 0 saturated heterocycles. The van der Waals surface area contributed by atoms with Gasteiger partial charge in [0.15, 0.2) is 0 Å². The molecule has 0 bridgehead atoms. The summed E-state index contributed by atoms with van der Waals surface area (Å²) in [4.78, 5) is 4.54. The van der Waals surface area contributed by atoms with Gasteiger partial charge in [-0.05, 0) is 24.3 Å². The zero-order valence-corrected chi connectivity index (χ0v) is 11.0. The standard InChI is InChI=1S/C16H12ClNO/c17-15-10-12(11-19-13-6-2-1-3-7-13)18-16-9-5-4-8-14(15)16/h1-10H,11H2. The largest absolute Gasteiger partial charge is 0.487 e. The number of halogens is 1. The fourth-order valence-corrected chi connectivity index (χ4v) is 2.22. The zero-order chi connectivity index (χ0) is 13.1. The Labute approximate surface area is 116 Å². The third-order valence-electron chi connectivity index (χ3n) is 2.85. The van der Waals surface area contributed by atoms with Crippen LogP contribution < -0.4 is 4.74 Å². The highest BCUT2D eigenvalue weighted by molar-refractivity contribution is 6.35. The van der Waals surface area contributed by atoms with E-state index in [9.17, 15) is 0 Å². The molecule has 0 aliphatic carbocycles. The normalized spacial score (nSPS) is 10.6. The molecular weight excluding hydrogens is 258 g/mol. The first kappa shape index (κ1) is 12.0. The minimum absolute atomic E-state index is 0.411. The van der Waals surface area contributed by atoms with Crippen molar-refractivity contribution in [2.75, 3.05) is 0 Å². The van der Waals surface area contributed by atoms with E-state index in [0.717, 1.165) is 22.3 Å². The summed E-state index contributed by atoms with van der Waals surface area (Å²) in [5.41, 5.74) is 1.72. The van der Waals surface area contributed by atoms with Gasteiger partial charge in [0.2, 0.25) is 0 Å². The molecule has 0 radical (unpaired) electrons. The highest BCUT2D eigenvalue weighted by atomic mass is 35.5. The second-order valence-corrected chi connectivity index (χ2v) is 4.62. The number of para-hydroxylation sites is 2. The van der Waals surface area contributed by atoms with Gasteiger partial charge in [-0.1, -0.05) is 48.0 Å². The first-order chi connectivity index (χ1) is 9.33. The van der Waals surface area contributed by atoms with Crippen LogP contribution in [-0.4, -0.2) is 4.98 Å². The van der Waals surface area contributed by atoms with Crippen LogP contribution in [0.2, 0.25) is 5.02 Å². The lowest BCUT2D eigenvalue weighted by Crippen LogP contribution is -1.98. The fourth-order valence-electron chi connectivity index (χ4n) is 1.93. The van der Waals surface area contributed by atoms with Crippen LogP contribution in [0.5, 0.6) is 5.75 Å². The maximum Gasteiger partial charge on any atom is 0.130 e. The Hall–Kier alpha value is -2.06. The monoisotopic (exact) mass is 269 g/mol. The maximum atomic E-state index is 6.25. The highest BCUT2D eigenvalue weighted by Gasteiger charge is 2.04. The highest BCUT2D eigenvalue weighted by Crippen LogP contribution is 2.23. The average molecular weight is 270 g/mol. The van der Waals surface area contributed by atoms with Gasteiger partial charge >= 0.3 is 0 Å². The number of hydrogen-bond donors (Lipinski definition) is 0. The molecule has 19 heavy (non-hydrogen) atoms. The van der Waals surface area contributed by atoms with E-state index in [1.165, 1.54) is 0 Å². The quantitative estimate of drug-likeness (QED) is 0.700. The fraction of sp³-hybridized carbons (Fsp3) is 0.0625. The molecule has 94 valence electrons. The van der Waals surface area contributed by atoms with Gasteiger partial charge in [-0.15, -0.1) is 0 Å². The third kappa shape index (κ3) is 2.69. The summed E-state index contributed by atoms with van der Waals surface area (Å²) in [5, 5.41) is 1.67.